The average Bonchev–Trinajstić information content (AvgIpc) is 3.34. The van der Waals surface area contributed by atoms with Gasteiger partial charge in [-0.3, -0.25) is 10.2 Å². The zero-order chi connectivity index (χ0) is 23.9. The number of nitrogens with two attached hydrogens (primary N) is 1. The van der Waals surface area contributed by atoms with Crippen LogP contribution < -0.4 is 5.73 Å². The molecule has 1 amide bonds. The highest BCUT2D eigenvalue weighted by molar-refractivity contribution is 6.12. The monoisotopic (exact) mass is 449 g/mol. The summed E-state index contributed by atoms with van der Waals surface area (Å²) < 4.78 is 14.0. The number of aryl methyl sites for hydroxylation is 1. The van der Waals surface area contributed by atoms with Crippen molar-refractivity contribution in [1.29, 1.82) is 5.41 Å². The van der Waals surface area contributed by atoms with Crippen molar-refractivity contribution in [2.45, 2.75) is 46.7 Å². The first-order valence-electron chi connectivity index (χ1n) is 11.0. The van der Waals surface area contributed by atoms with E-state index in [4.69, 9.17) is 11.1 Å². The fourth-order valence-electron chi connectivity index (χ4n) is 4.16. The van der Waals surface area contributed by atoms with Gasteiger partial charge in [-0.2, -0.15) is 0 Å². The fraction of sp³-hybridized carbons (Fsp3) is 0.320. The Bertz CT molecular complexity index is 1220. The first kappa shape index (κ1) is 22.5. The molecule has 8 heteroatoms. The van der Waals surface area contributed by atoms with Crippen LogP contribution in [0.25, 0.3) is 11.1 Å². The van der Waals surface area contributed by atoms with Crippen LogP contribution in [-0.2, 0) is 24.3 Å². The van der Waals surface area contributed by atoms with E-state index in [1.54, 1.807) is 23.1 Å². The van der Waals surface area contributed by atoms with Gasteiger partial charge in [-0.15, -0.1) is 0 Å². The topological polar surface area (TPSA) is 119 Å². The van der Waals surface area contributed by atoms with Gasteiger partial charge in [0.2, 0.25) is 5.91 Å². The molecule has 7 nitrogen and oxygen atoms in total. The Morgan fingerprint density at radius 2 is 2.06 bits per heavy atom. The van der Waals surface area contributed by atoms with Gasteiger partial charge < -0.3 is 20.7 Å². The summed E-state index contributed by atoms with van der Waals surface area (Å²) in [6, 6.07) is 7.95. The maximum absolute atomic E-state index is 14.0. The molecule has 0 saturated heterocycles. The number of rotatable bonds is 6. The number of nitrogens with one attached hydrogen (secondary N) is 2. The predicted octanol–water partition coefficient (Wildman–Crippen LogP) is 4.37. The number of H-pyrrole nitrogens is 1. The Balaban J connectivity index is 1.56. The Hall–Kier alpha value is -3.68. The van der Waals surface area contributed by atoms with Crippen molar-refractivity contribution in [3.8, 4) is 16.9 Å². The summed E-state index contributed by atoms with van der Waals surface area (Å²) in [5, 5.41) is 18.3. The molecule has 0 aliphatic carbocycles. The normalized spacial score (nSPS) is 12.9. The van der Waals surface area contributed by atoms with Crippen LogP contribution in [0.3, 0.4) is 0 Å². The third-order valence-corrected chi connectivity index (χ3v) is 5.91. The molecule has 0 atom stereocenters. The minimum atomic E-state index is -0.691. The Labute approximate surface area is 192 Å². The molecular formula is C25H28FN5O2. The number of carbonyl (C=O) groups excluding carboxylic acids is 1. The van der Waals surface area contributed by atoms with Crippen LogP contribution in [-0.4, -0.2) is 31.6 Å². The van der Waals surface area contributed by atoms with Gasteiger partial charge in [-0.1, -0.05) is 32.9 Å². The van der Waals surface area contributed by atoms with Crippen LogP contribution in [0.1, 0.15) is 55.5 Å². The molecule has 1 aliphatic rings. The van der Waals surface area contributed by atoms with E-state index in [1.165, 1.54) is 12.1 Å². The van der Waals surface area contributed by atoms with Crippen molar-refractivity contribution in [3.63, 3.8) is 0 Å². The van der Waals surface area contributed by atoms with Crippen LogP contribution in [0.5, 0.6) is 5.75 Å². The zero-order valence-electron chi connectivity index (χ0n) is 19.0. The van der Waals surface area contributed by atoms with Crippen molar-refractivity contribution in [3.05, 3.63) is 64.5 Å². The average molecular weight is 450 g/mol. The van der Waals surface area contributed by atoms with Crippen molar-refractivity contribution in [2.24, 2.45) is 5.92 Å². The number of hydrogen-bond donors (Lipinski definition) is 4. The predicted molar refractivity (Wildman–Crippen MR) is 126 cm³/mol. The molecule has 0 bridgehead atoms. The number of phenols is 1. The minimum Gasteiger partial charge on any atom is -0.505 e. The third-order valence-electron chi connectivity index (χ3n) is 5.91. The van der Waals surface area contributed by atoms with Gasteiger partial charge in [0.05, 0.1) is 24.5 Å². The number of fused-ring (bicyclic) bond motifs is 1. The first-order chi connectivity index (χ1) is 15.7. The number of aromatic amines is 1. The summed E-state index contributed by atoms with van der Waals surface area (Å²) in [6.07, 6.45) is 1.12. The molecular weight excluding hydrogens is 421 g/mol. The Morgan fingerprint density at radius 3 is 2.70 bits per heavy atom. The second-order valence-electron chi connectivity index (χ2n) is 8.85. The number of halogens is 1. The molecule has 2 heterocycles. The molecule has 1 aliphatic heterocycles. The van der Waals surface area contributed by atoms with Crippen LogP contribution in [0, 0.1) is 17.1 Å². The zero-order valence-corrected chi connectivity index (χ0v) is 19.0. The van der Waals surface area contributed by atoms with E-state index < -0.39 is 5.82 Å². The van der Waals surface area contributed by atoms with E-state index >= 15 is 0 Å². The number of amides is 1. The van der Waals surface area contributed by atoms with Crippen LogP contribution in [0.2, 0.25) is 0 Å². The SMILES string of the molecule is CCc1cc(O)c(F)cc1-c1ccc(C(=N)c2nc3c([nH]2)CN(C(=O)CC(C)C)C3)c(N)c1. The molecule has 0 unspecified atom stereocenters. The summed E-state index contributed by atoms with van der Waals surface area (Å²) >= 11 is 0. The molecule has 3 aromatic rings. The summed E-state index contributed by atoms with van der Waals surface area (Å²) in [4.78, 5) is 21.8. The minimum absolute atomic E-state index is 0.102. The second-order valence-corrected chi connectivity index (χ2v) is 8.85. The largest absolute Gasteiger partial charge is 0.505 e. The lowest BCUT2D eigenvalue weighted by Crippen LogP contribution is -2.27. The fourth-order valence-corrected chi connectivity index (χ4v) is 4.16. The summed E-state index contributed by atoms with van der Waals surface area (Å²) in [5.41, 5.74) is 11.1. The van der Waals surface area contributed by atoms with E-state index in [1.807, 2.05) is 20.8 Å². The summed E-state index contributed by atoms with van der Waals surface area (Å²) in [5.74, 6) is -0.267. The Morgan fingerprint density at radius 1 is 1.30 bits per heavy atom. The van der Waals surface area contributed by atoms with Gasteiger partial charge in [0.1, 0.15) is 5.71 Å². The number of nitrogen functional groups attached to an aromatic ring is 1. The number of nitrogens with zero attached hydrogens (tertiary/aromatic N) is 2. The van der Waals surface area contributed by atoms with Crippen molar-refractivity contribution in [1.82, 2.24) is 14.9 Å². The molecule has 0 fully saturated rings. The lowest BCUT2D eigenvalue weighted by Gasteiger charge is -2.16. The van der Waals surface area contributed by atoms with Gasteiger partial charge in [0, 0.05) is 17.7 Å². The van der Waals surface area contributed by atoms with E-state index in [9.17, 15) is 14.3 Å². The smallest absolute Gasteiger partial charge is 0.223 e. The van der Waals surface area contributed by atoms with Crippen molar-refractivity contribution >= 4 is 17.3 Å². The lowest BCUT2D eigenvalue weighted by atomic mass is 9.95. The van der Waals surface area contributed by atoms with Crippen LogP contribution >= 0.6 is 0 Å². The maximum atomic E-state index is 14.0. The highest BCUT2D eigenvalue weighted by Gasteiger charge is 2.28. The standard InChI is InChI=1S/C25H28FN5O2/c1-4-14-9-22(32)18(26)10-17(14)15-5-6-16(19(27)8-15)24(28)25-29-20-11-31(12-21(20)30-25)23(33)7-13(2)3/h5-6,8-10,13,28,32H,4,7,11-12,27H2,1-3H3,(H,29,30). The number of hydrogen-bond acceptors (Lipinski definition) is 5. The quantitative estimate of drug-likeness (QED) is 0.330. The second kappa shape index (κ2) is 8.69. The molecule has 5 N–H and O–H groups in total. The molecule has 1 aromatic heterocycles. The molecule has 0 spiro atoms. The number of imidazole rings is 1. The third kappa shape index (κ3) is 4.33. The van der Waals surface area contributed by atoms with E-state index in [2.05, 4.69) is 9.97 Å². The van der Waals surface area contributed by atoms with Gasteiger partial charge in [-0.05, 0) is 47.2 Å². The number of anilines is 1. The highest BCUT2D eigenvalue weighted by Crippen LogP contribution is 2.32. The Kier molecular flexibility index (Phi) is 5.93. The van der Waals surface area contributed by atoms with Crippen LogP contribution in [0.15, 0.2) is 30.3 Å². The van der Waals surface area contributed by atoms with E-state index in [-0.39, 0.29) is 17.4 Å². The van der Waals surface area contributed by atoms with Gasteiger partial charge in [0.25, 0.3) is 0 Å². The molecule has 0 saturated carbocycles. The molecule has 172 valence electrons. The number of benzene rings is 2. The van der Waals surface area contributed by atoms with Gasteiger partial charge >= 0.3 is 0 Å². The molecule has 2 aromatic carbocycles. The van der Waals surface area contributed by atoms with Crippen molar-refractivity contribution in [2.75, 3.05) is 5.73 Å². The van der Waals surface area contributed by atoms with Gasteiger partial charge in [-0.25, -0.2) is 9.37 Å². The first-order valence-corrected chi connectivity index (χ1v) is 11.0. The van der Waals surface area contributed by atoms with E-state index in [0.717, 1.165) is 17.0 Å². The lowest BCUT2D eigenvalue weighted by molar-refractivity contribution is -0.132. The number of aromatic hydroxyl groups is 1. The molecule has 33 heavy (non-hydrogen) atoms. The van der Waals surface area contributed by atoms with Gasteiger partial charge in [0.15, 0.2) is 17.4 Å². The van der Waals surface area contributed by atoms with Crippen molar-refractivity contribution < 1.29 is 14.3 Å². The van der Waals surface area contributed by atoms with E-state index in [0.29, 0.717) is 60.1 Å². The molecule has 0 radical (unpaired) electrons. The summed E-state index contributed by atoms with van der Waals surface area (Å²) in [6.45, 7) is 6.86. The number of carbonyl (C=O) groups is 1. The molecule has 4 rings (SSSR count). The summed E-state index contributed by atoms with van der Waals surface area (Å²) in [7, 11) is 0. The highest BCUT2D eigenvalue weighted by atomic mass is 19.1. The maximum Gasteiger partial charge on any atom is 0.223 e. The number of aromatic nitrogens is 2. The van der Waals surface area contributed by atoms with Crippen LogP contribution in [0.4, 0.5) is 10.1 Å². The number of phenolic OH excluding ortho intramolecular Hbond substituents is 1.